The summed E-state index contributed by atoms with van der Waals surface area (Å²) >= 11 is 5.89. The van der Waals surface area contributed by atoms with Crippen LogP contribution < -0.4 is 21.1 Å². The first-order valence-corrected chi connectivity index (χ1v) is 12.0. The third-order valence-electron chi connectivity index (χ3n) is 5.77. The zero-order valence-corrected chi connectivity index (χ0v) is 21.1. The monoisotopic (exact) mass is 539 g/mol. The van der Waals surface area contributed by atoms with Gasteiger partial charge in [0.25, 0.3) is 11.8 Å². The molecule has 4 rings (SSSR count). The highest BCUT2D eigenvalue weighted by atomic mass is 35.5. The molecule has 0 radical (unpaired) electrons. The Balaban J connectivity index is 1.60. The van der Waals surface area contributed by atoms with Gasteiger partial charge in [0.2, 0.25) is 5.88 Å². The van der Waals surface area contributed by atoms with Crippen molar-refractivity contribution in [1.29, 1.82) is 0 Å². The molecule has 0 saturated carbocycles. The summed E-state index contributed by atoms with van der Waals surface area (Å²) in [5.74, 6) is -0.752. The number of nitrogens with one attached hydrogen (secondary N) is 2. The standard InChI is InChI=1S/C25H26ClN7O5/c1-38-25-18(24(37)28-7-6-20(35)14-2-4-16(26)5-3-14)10-15(12-30-25)19-11-17(23(36)29-8-9-34)21-22(27)31-13-32-33(19)21/h2-5,10-13,20,34-35H,6-9H2,1H3,(H,28,37)(H,29,36)(H2,27,31,32). The number of nitrogens with two attached hydrogens (primary N) is 1. The second-order valence-corrected chi connectivity index (χ2v) is 8.66. The van der Waals surface area contributed by atoms with E-state index in [4.69, 9.17) is 27.2 Å². The molecule has 198 valence electrons. The number of hydrogen-bond acceptors (Lipinski definition) is 9. The van der Waals surface area contributed by atoms with E-state index in [-0.39, 0.29) is 54.5 Å². The van der Waals surface area contributed by atoms with Crippen LogP contribution in [0.5, 0.6) is 5.88 Å². The summed E-state index contributed by atoms with van der Waals surface area (Å²) in [5.41, 5.74) is 8.24. The topological polar surface area (TPSA) is 177 Å². The third-order valence-corrected chi connectivity index (χ3v) is 6.02. The van der Waals surface area contributed by atoms with E-state index < -0.39 is 17.9 Å². The molecule has 6 N–H and O–H groups in total. The first kappa shape index (κ1) is 26.8. The van der Waals surface area contributed by atoms with Crippen molar-refractivity contribution < 1.29 is 24.5 Å². The Hall–Kier alpha value is -4.26. The fourth-order valence-corrected chi connectivity index (χ4v) is 4.02. The number of fused-ring (bicyclic) bond motifs is 1. The lowest BCUT2D eigenvalue weighted by Gasteiger charge is -2.13. The number of carbonyl (C=O) groups excluding carboxylic acids is 2. The molecule has 13 heteroatoms. The molecule has 0 fully saturated rings. The van der Waals surface area contributed by atoms with Gasteiger partial charge in [-0.05, 0) is 36.2 Å². The molecule has 0 spiro atoms. The number of methoxy groups -OCH3 is 1. The van der Waals surface area contributed by atoms with Gasteiger partial charge in [0.1, 0.15) is 17.4 Å². The van der Waals surface area contributed by atoms with Crippen molar-refractivity contribution in [3.63, 3.8) is 0 Å². The molecule has 1 atom stereocenters. The van der Waals surface area contributed by atoms with Crippen molar-refractivity contribution in [3.8, 4) is 17.1 Å². The molecule has 3 aromatic heterocycles. The van der Waals surface area contributed by atoms with Crippen LogP contribution in [0.3, 0.4) is 0 Å². The number of pyridine rings is 1. The minimum absolute atomic E-state index is 0.0558. The third kappa shape index (κ3) is 5.67. The molecule has 3 heterocycles. The van der Waals surface area contributed by atoms with E-state index >= 15 is 0 Å². The van der Waals surface area contributed by atoms with Gasteiger partial charge in [0, 0.05) is 29.9 Å². The lowest BCUT2D eigenvalue weighted by atomic mass is 10.1. The first-order chi connectivity index (χ1) is 18.3. The van der Waals surface area contributed by atoms with Gasteiger partial charge in [-0.3, -0.25) is 9.59 Å². The molecule has 2 amide bonds. The zero-order chi connectivity index (χ0) is 27.2. The Morgan fingerprint density at radius 2 is 1.82 bits per heavy atom. The van der Waals surface area contributed by atoms with Crippen LogP contribution in [-0.4, -0.2) is 68.4 Å². The number of hydrogen-bond donors (Lipinski definition) is 5. The van der Waals surface area contributed by atoms with Gasteiger partial charge in [-0.25, -0.2) is 14.5 Å². The molecule has 1 aromatic carbocycles. The van der Waals surface area contributed by atoms with Crippen LogP contribution in [0, 0.1) is 0 Å². The fraction of sp³-hybridized carbons (Fsp3) is 0.240. The summed E-state index contributed by atoms with van der Waals surface area (Å²) in [6.07, 6.45) is 2.22. The maximum absolute atomic E-state index is 13.0. The van der Waals surface area contributed by atoms with E-state index in [1.54, 1.807) is 36.4 Å². The average molecular weight is 540 g/mol. The molecule has 4 aromatic rings. The van der Waals surface area contributed by atoms with Crippen LogP contribution in [0.15, 0.2) is 48.9 Å². The number of nitrogen functional groups attached to an aromatic ring is 1. The Morgan fingerprint density at radius 3 is 2.53 bits per heavy atom. The summed E-state index contributed by atoms with van der Waals surface area (Å²) in [7, 11) is 1.40. The lowest BCUT2D eigenvalue weighted by molar-refractivity contribution is 0.0933. The second kappa shape index (κ2) is 11.9. The van der Waals surface area contributed by atoms with Gasteiger partial charge in [0.05, 0.1) is 31.1 Å². The molecule has 0 aliphatic rings. The fourth-order valence-electron chi connectivity index (χ4n) is 3.90. The van der Waals surface area contributed by atoms with Crippen LogP contribution in [0.4, 0.5) is 5.82 Å². The minimum atomic E-state index is -0.786. The molecule has 0 aliphatic heterocycles. The van der Waals surface area contributed by atoms with Crippen LogP contribution in [0.2, 0.25) is 5.02 Å². The van der Waals surface area contributed by atoms with Gasteiger partial charge in [-0.2, -0.15) is 5.10 Å². The highest BCUT2D eigenvalue weighted by Gasteiger charge is 2.22. The van der Waals surface area contributed by atoms with Crippen molar-refractivity contribution in [2.75, 3.05) is 32.5 Å². The number of halogens is 1. The van der Waals surface area contributed by atoms with Gasteiger partial charge < -0.3 is 31.3 Å². The second-order valence-electron chi connectivity index (χ2n) is 8.22. The summed E-state index contributed by atoms with van der Waals surface area (Å²) in [6, 6.07) is 9.94. The largest absolute Gasteiger partial charge is 0.480 e. The SMILES string of the molecule is COc1ncc(-c2cc(C(=O)NCCO)c3c(N)ncnn23)cc1C(=O)NCCC(O)c1ccc(Cl)cc1. The number of aliphatic hydroxyl groups excluding tert-OH is 2. The Morgan fingerprint density at radius 1 is 1.11 bits per heavy atom. The van der Waals surface area contributed by atoms with Gasteiger partial charge in [0.15, 0.2) is 5.82 Å². The molecular weight excluding hydrogens is 514 g/mol. The maximum Gasteiger partial charge on any atom is 0.256 e. The quantitative estimate of drug-likeness (QED) is 0.200. The number of ether oxygens (including phenoxy) is 1. The smallest absolute Gasteiger partial charge is 0.256 e. The molecule has 0 saturated heterocycles. The van der Waals surface area contributed by atoms with Crippen molar-refractivity contribution >= 4 is 34.7 Å². The summed E-state index contributed by atoms with van der Waals surface area (Å²) < 4.78 is 6.72. The van der Waals surface area contributed by atoms with Crippen LogP contribution in [-0.2, 0) is 0 Å². The predicted octanol–water partition coefficient (Wildman–Crippen LogP) is 1.61. The normalized spacial score (nSPS) is 11.8. The number of nitrogens with zero attached hydrogens (tertiary/aromatic N) is 4. The van der Waals surface area contributed by atoms with E-state index in [0.29, 0.717) is 21.8 Å². The predicted molar refractivity (Wildman–Crippen MR) is 140 cm³/mol. The van der Waals surface area contributed by atoms with Crippen molar-refractivity contribution in [1.82, 2.24) is 30.2 Å². The number of aromatic nitrogens is 4. The molecule has 1 unspecified atom stereocenters. The number of rotatable bonds is 10. The molecule has 0 aliphatic carbocycles. The van der Waals surface area contributed by atoms with Gasteiger partial charge in [-0.1, -0.05) is 23.7 Å². The zero-order valence-electron chi connectivity index (χ0n) is 20.4. The van der Waals surface area contributed by atoms with Crippen LogP contribution in [0.25, 0.3) is 16.8 Å². The number of anilines is 1. The van der Waals surface area contributed by atoms with Crippen LogP contribution >= 0.6 is 11.6 Å². The Kier molecular flexibility index (Phi) is 8.36. The highest BCUT2D eigenvalue weighted by molar-refractivity contribution is 6.30. The highest BCUT2D eigenvalue weighted by Crippen LogP contribution is 2.30. The first-order valence-electron chi connectivity index (χ1n) is 11.6. The molecule has 12 nitrogen and oxygen atoms in total. The maximum atomic E-state index is 13.0. The average Bonchev–Trinajstić information content (AvgIpc) is 3.32. The minimum Gasteiger partial charge on any atom is -0.480 e. The number of amides is 2. The summed E-state index contributed by atoms with van der Waals surface area (Å²) in [5, 5.41) is 29.6. The Labute approximate surface area is 222 Å². The van der Waals surface area contributed by atoms with E-state index in [2.05, 4.69) is 25.7 Å². The van der Waals surface area contributed by atoms with E-state index in [1.807, 2.05) is 0 Å². The van der Waals surface area contributed by atoms with Crippen LogP contribution in [0.1, 0.15) is 38.8 Å². The Bertz CT molecular complexity index is 1460. The number of aliphatic hydroxyl groups is 2. The summed E-state index contributed by atoms with van der Waals surface area (Å²) in [6.45, 7) is 0.0111. The summed E-state index contributed by atoms with van der Waals surface area (Å²) in [4.78, 5) is 34.0. The molecular formula is C25H26ClN7O5. The number of benzene rings is 1. The van der Waals surface area contributed by atoms with Crippen molar-refractivity contribution in [2.45, 2.75) is 12.5 Å². The van der Waals surface area contributed by atoms with Crippen molar-refractivity contribution in [3.05, 3.63) is 70.6 Å². The van der Waals surface area contributed by atoms with E-state index in [0.717, 1.165) is 0 Å². The molecule has 38 heavy (non-hydrogen) atoms. The van der Waals surface area contributed by atoms with Gasteiger partial charge >= 0.3 is 0 Å². The lowest BCUT2D eigenvalue weighted by Crippen LogP contribution is -2.26. The number of carbonyl (C=O) groups is 2. The van der Waals surface area contributed by atoms with E-state index in [9.17, 15) is 14.7 Å². The molecule has 0 bridgehead atoms. The van der Waals surface area contributed by atoms with Crippen molar-refractivity contribution in [2.24, 2.45) is 0 Å². The van der Waals surface area contributed by atoms with E-state index in [1.165, 1.54) is 24.1 Å². The van der Waals surface area contributed by atoms with Gasteiger partial charge in [-0.15, -0.1) is 0 Å².